The van der Waals surface area contributed by atoms with Crippen LogP contribution in [-0.2, 0) is 6.42 Å². The Morgan fingerprint density at radius 1 is 1.03 bits per heavy atom. The molecule has 0 bridgehead atoms. The summed E-state index contributed by atoms with van der Waals surface area (Å²) in [5.74, 6) is 0.183. The maximum atomic E-state index is 13.1. The summed E-state index contributed by atoms with van der Waals surface area (Å²) in [6.45, 7) is 3.57. The van der Waals surface area contributed by atoms with Crippen LogP contribution in [0.4, 0.5) is 0 Å². The number of piperazine rings is 1. The highest BCUT2D eigenvalue weighted by atomic mass is 16.2. The number of nitrogens with zero attached hydrogens (tertiary/aromatic N) is 2. The number of aromatic amines is 1. The Labute approximate surface area is 173 Å². The molecule has 2 aliphatic carbocycles. The van der Waals surface area contributed by atoms with Gasteiger partial charge in [-0.3, -0.25) is 4.79 Å². The molecule has 3 aliphatic rings. The molecule has 1 atom stereocenters. The Kier molecular flexibility index (Phi) is 5.35. The zero-order chi connectivity index (χ0) is 19.8. The van der Waals surface area contributed by atoms with E-state index in [0.717, 1.165) is 38.2 Å². The molecule has 1 aliphatic heterocycles. The lowest BCUT2D eigenvalue weighted by atomic mass is 9.89. The first-order valence-electron chi connectivity index (χ1n) is 11.6. The molecule has 2 heterocycles. The van der Waals surface area contributed by atoms with E-state index >= 15 is 0 Å². The normalized spacial score (nSPS) is 24.0. The van der Waals surface area contributed by atoms with Crippen LogP contribution in [0.1, 0.15) is 72.6 Å². The first kappa shape index (κ1) is 19.1. The Balaban J connectivity index is 1.39. The number of fused-ring (bicyclic) bond motifs is 3. The Morgan fingerprint density at radius 2 is 1.83 bits per heavy atom. The molecule has 2 aromatic rings. The van der Waals surface area contributed by atoms with Gasteiger partial charge in [0.05, 0.1) is 0 Å². The van der Waals surface area contributed by atoms with Crippen molar-refractivity contribution in [3.63, 3.8) is 0 Å². The van der Waals surface area contributed by atoms with Crippen LogP contribution in [0, 0.1) is 0 Å². The number of aryl methyl sites for hydroxylation is 1. The van der Waals surface area contributed by atoms with E-state index in [0.29, 0.717) is 12.1 Å². The van der Waals surface area contributed by atoms with Crippen molar-refractivity contribution in [2.24, 2.45) is 0 Å². The summed E-state index contributed by atoms with van der Waals surface area (Å²) in [5.41, 5.74) is 4.84. The number of aromatic nitrogens is 1. The van der Waals surface area contributed by atoms with Crippen LogP contribution in [0.3, 0.4) is 0 Å². The van der Waals surface area contributed by atoms with Crippen LogP contribution in [0.25, 0.3) is 10.9 Å². The zero-order valence-corrected chi connectivity index (χ0v) is 17.7. The van der Waals surface area contributed by atoms with Gasteiger partial charge in [0.2, 0.25) is 0 Å². The molecule has 2 N–H and O–H groups in total. The summed E-state index contributed by atoms with van der Waals surface area (Å²) in [6.07, 6.45) is 10.3. The van der Waals surface area contributed by atoms with E-state index < -0.39 is 0 Å². The van der Waals surface area contributed by atoms with E-state index in [-0.39, 0.29) is 5.91 Å². The van der Waals surface area contributed by atoms with Crippen molar-refractivity contribution in [2.75, 3.05) is 33.2 Å². The van der Waals surface area contributed by atoms with E-state index in [2.05, 4.69) is 34.4 Å². The molecule has 156 valence electrons. The van der Waals surface area contributed by atoms with E-state index in [9.17, 15) is 4.79 Å². The second-order valence-corrected chi connectivity index (χ2v) is 9.32. The Bertz CT molecular complexity index is 874. The zero-order valence-electron chi connectivity index (χ0n) is 17.7. The van der Waals surface area contributed by atoms with Crippen molar-refractivity contribution in [3.05, 3.63) is 35.0 Å². The smallest absolute Gasteiger partial charge is 0.253 e. The van der Waals surface area contributed by atoms with Gasteiger partial charge in [-0.25, -0.2) is 0 Å². The fraction of sp³-hybridized carbons (Fsp3) is 0.625. The van der Waals surface area contributed by atoms with Crippen LogP contribution in [0.2, 0.25) is 0 Å². The average Bonchev–Trinajstić information content (AvgIpc) is 3.14. The topological polar surface area (TPSA) is 51.4 Å². The number of nitrogens with one attached hydrogen (secondary N) is 2. The minimum atomic E-state index is 0.183. The third-order valence-corrected chi connectivity index (χ3v) is 7.29. The SMILES string of the molecule is CN1CCN(C(=O)c2ccc3[nH]c4c(c3c2)CCCC4NC2CCCCC2)CC1. The van der Waals surface area contributed by atoms with Crippen molar-refractivity contribution < 1.29 is 4.79 Å². The molecule has 1 unspecified atom stereocenters. The molecule has 0 radical (unpaired) electrons. The lowest BCUT2D eigenvalue weighted by molar-refractivity contribution is 0.0664. The largest absolute Gasteiger partial charge is 0.357 e. The first-order valence-corrected chi connectivity index (χ1v) is 11.6. The minimum absolute atomic E-state index is 0.183. The molecule has 1 aromatic carbocycles. The lowest BCUT2D eigenvalue weighted by Crippen LogP contribution is -2.47. The summed E-state index contributed by atoms with van der Waals surface area (Å²) >= 11 is 0. The molecule has 5 heteroatoms. The van der Waals surface area contributed by atoms with E-state index in [1.807, 2.05) is 11.0 Å². The van der Waals surface area contributed by atoms with Gasteiger partial charge in [0.1, 0.15) is 0 Å². The van der Waals surface area contributed by atoms with Gasteiger partial charge in [-0.2, -0.15) is 0 Å². The van der Waals surface area contributed by atoms with Gasteiger partial charge < -0.3 is 20.1 Å². The molecule has 2 fully saturated rings. The highest BCUT2D eigenvalue weighted by Gasteiger charge is 2.28. The summed E-state index contributed by atoms with van der Waals surface area (Å²) in [6, 6.07) is 7.38. The van der Waals surface area contributed by atoms with Crippen LogP contribution in [0.5, 0.6) is 0 Å². The molecular formula is C24H34N4O. The minimum Gasteiger partial charge on any atom is -0.357 e. The van der Waals surface area contributed by atoms with Crippen molar-refractivity contribution in [1.82, 2.24) is 20.1 Å². The second-order valence-electron chi connectivity index (χ2n) is 9.32. The summed E-state index contributed by atoms with van der Waals surface area (Å²) in [7, 11) is 2.12. The molecule has 1 saturated carbocycles. The fourth-order valence-electron chi connectivity index (χ4n) is 5.51. The van der Waals surface area contributed by atoms with Gasteiger partial charge in [0.25, 0.3) is 5.91 Å². The highest BCUT2D eigenvalue weighted by Crippen LogP contribution is 2.36. The number of carbonyl (C=O) groups is 1. The third-order valence-electron chi connectivity index (χ3n) is 7.29. The maximum absolute atomic E-state index is 13.1. The highest BCUT2D eigenvalue weighted by molar-refractivity contribution is 5.99. The first-order chi connectivity index (χ1) is 14.2. The molecule has 1 amide bonds. The van der Waals surface area contributed by atoms with E-state index in [4.69, 9.17) is 0 Å². The predicted octanol–water partition coefficient (Wildman–Crippen LogP) is 3.86. The van der Waals surface area contributed by atoms with Crippen LogP contribution < -0.4 is 5.32 Å². The molecule has 29 heavy (non-hydrogen) atoms. The third kappa shape index (κ3) is 3.82. The number of rotatable bonds is 3. The van der Waals surface area contributed by atoms with Gasteiger partial charge in [-0.1, -0.05) is 19.3 Å². The molecule has 0 spiro atoms. The molecule has 1 saturated heterocycles. The predicted molar refractivity (Wildman–Crippen MR) is 117 cm³/mol. The number of hydrogen-bond acceptors (Lipinski definition) is 3. The van der Waals surface area contributed by atoms with Gasteiger partial charge in [-0.05, 0) is 62.9 Å². The van der Waals surface area contributed by atoms with Gasteiger partial charge in [0, 0.05) is 60.4 Å². The molecule has 5 nitrogen and oxygen atoms in total. The monoisotopic (exact) mass is 394 g/mol. The number of benzene rings is 1. The van der Waals surface area contributed by atoms with Crippen molar-refractivity contribution in [1.29, 1.82) is 0 Å². The van der Waals surface area contributed by atoms with Crippen molar-refractivity contribution >= 4 is 16.8 Å². The summed E-state index contributed by atoms with van der Waals surface area (Å²) in [5, 5.41) is 5.22. The van der Waals surface area contributed by atoms with Crippen LogP contribution >= 0.6 is 0 Å². The maximum Gasteiger partial charge on any atom is 0.253 e. The van der Waals surface area contributed by atoms with E-state index in [1.165, 1.54) is 67.1 Å². The van der Waals surface area contributed by atoms with Crippen molar-refractivity contribution in [2.45, 2.75) is 63.5 Å². The number of hydrogen-bond donors (Lipinski definition) is 2. The van der Waals surface area contributed by atoms with Gasteiger partial charge >= 0.3 is 0 Å². The number of H-pyrrole nitrogens is 1. The number of likely N-dealkylation sites (N-methyl/N-ethyl adjacent to an activating group) is 1. The van der Waals surface area contributed by atoms with Crippen LogP contribution in [0.15, 0.2) is 18.2 Å². The second kappa shape index (κ2) is 8.11. The summed E-state index contributed by atoms with van der Waals surface area (Å²) < 4.78 is 0. The molecule has 1 aromatic heterocycles. The van der Waals surface area contributed by atoms with E-state index in [1.54, 1.807) is 0 Å². The molecular weight excluding hydrogens is 360 g/mol. The number of carbonyl (C=O) groups excluding carboxylic acids is 1. The average molecular weight is 395 g/mol. The van der Waals surface area contributed by atoms with Gasteiger partial charge in [0.15, 0.2) is 0 Å². The quantitative estimate of drug-likeness (QED) is 0.831. The lowest BCUT2D eigenvalue weighted by Gasteiger charge is -2.32. The fourth-order valence-corrected chi connectivity index (χ4v) is 5.51. The standard InChI is InChI=1S/C24H34N4O/c1-27-12-14-28(15-13-27)24(29)17-10-11-21-20(16-17)19-8-5-9-22(23(19)26-21)25-18-6-3-2-4-7-18/h10-11,16,18,22,25-26H,2-9,12-15H2,1H3. The van der Waals surface area contributed by atoms with Crippen LogP contribution in [-0.4, -0.2) is 60.0 Å². The van der Waals surface area contributed by atoms with Crippen molar-refractivity contribution in [3.8, 4) is 0 Å². The van der Waals surface area contributed by atoms with Gasteiger partial charge in [-0.15, -0.1) is 0 Å². The molecule has 5 rings (SSSR count). The Hall–Kier alpha value is -1.85. The Morgan fingerprint density at radius 3 is 2.62 bits per heavy atom. The summed E-state index contributed by atoms with van der Waals surface area (Å²) in [4.78, 5) is 21.1. The number of amides is 1.